The van der Waals surface area contributed by atoms with E-state index in [1.165, 1.54) is 0 Å². The number of ether oxygens (including phenoxy) is 1. The summed E-state index contributed by atoms with van der Waals surface area (Å²) in [4.78, 5) is 68.8. The Morgan fingerprint density at radius 1 is 0.644 bits per heavy atom. The number of nitrogens with zero attached hydrogens (tertiary/aromatic N) is 2. The fraction of sp³-hybridized carbons (Fsp3) is 0.825. The van der Waals surface area contributed by atoms with Crippen LogP contribution in [0.15, 0.2) is 9.98 Å². The van der Waals surface area contributed by atoms with E-state index in [1.54, 1.807) is 17.1 Å². The first kappa shape index (κ1) is 48.6. The number of aliphatic imine (C=N–C) groups is 2. The van der Waals surface area contributed by atoms with E-state index in [1.807, 2.05) is 11.8 Å². The molecule has 4 aliphatic rings. The Labute approximate surface area is 354 Å². The molecular formula is C40H65F3N8O6S2. The highest BCUT2D eigenvalue weighted by atomic mass is 32.2. The summed E-state index contributed by atoms with van der Waals surface area (Å²) < 4.78 is 43.1. The van der Waals surface area contributed by atoms with Gasteiger partial charge < -0.3 is 31.7 Å². The Hall–Kier alpha value is -3.06. The van der Waals surface area contributed by atoms with Crippen molar-refractivity contribution in [2.45, 2.75) is 169 Å². The molecule has 14 nitrogen and oxygen atoms in total. The Balaban J connectivity index is 0.846. The van der Waals surface area contributed by atoms with E-state index in [4.69, 9.17) is 10.5 Å². The fourth-order valence-corrected chi connectivity index (χ4v) is 10.8. The molecule has 4 aliphatic heterocycles. The van der Waals surface area contributed by atoms with Crippen LogP contribution in [0.4, 0.5) is 13.2 Å². The maximum atomic E-state index is 12.5. The normalized spacial score (nSPS) is 23.1. The number of thioether (sulfide) groups is 2. The minimum Gasteiger partial charge on any atom is -0.378 e. The summed E-state index contributed by atoms with van der Waals surface area (Å²) in [5.41, 5.74) is 5.80. The van der Waals surface area contributed by atoms with Crippen LogP contribution in [0.5, 0.6) is 0 Å². The van der Waals surface area contributed by atoms with Gasteiger partial charge in [0.15, 0.2) is 11.9 Å². The van der Waals surface area contributed by atoms with Crippen molar-refractivity contribution in [3.63, 3.8) is 0 Å². The summed E-state index contributed by atoms with van der Waals surface area (Å²) in [6.45, 7) is 1.55. The number of nitrogens with two attached hydrogens (primary N) is 1. The fourth-order valence-electron chi connectivity index (χ4n) is 7.78. The molecule has 19 heteroatoms. The Morgan fingerprint density at radius 2 is 1.08 bits per heavy atom. The summed E-state index contributed by atoms with van der Waals surface area (Å²) >= 11 is 3.67. The SMILES string of the molecule is NC1=N[C@H]2[C@H](CS[C@H]2CCCCC(=O)CCCCCCC(=O)NCCOCCNC(=O)CCCCCCC(=O)CCCC[C@@H]2SC[C@@H]3NC(NC(=O)C(F)(F)F)=N[C@@H]32)N1. The third kappa shape index (κ3) is 18.6. The number of halogens is 3. The molecule has 0 aromatic carbocycles. The molecule has 0 aliphatic carbocycles. The van der Waals surface area contributed by atoms with Crippen molar-refractivity contribution in [2.24, 2.45) is 15.7 Å². The number of rotatable bonds is 30. The summed E-state index contributed by atoms with van der Waals surface area (Å²) in [6.07, 6.45) is 10.4. The third-order valence-corrected chi connectivity index (χ3v) is 14.0. The molecule has 2 saturated heterocycles. The monoisotopic (exact) mass is 874 g/mol. The minimum absolute atomic E-state index is 0.00816. The lowest BCUT2D eigenvalue weighted by molar-refractivity contribution is -0.171. The molecule has 2 fully saturated rings. The average molecular weight is 875 g/mol. The zero-order chi connectivity index (χ0) is 42.5. The van der Waals surface area contributed by atoms with Crippen molar-refractivity contribution in [3.8, 4) is 0 Å². The number of hydrogen-bond acceptors (Lipinski definition) is 13. The first-order valence-electron chi connectivity index (χ1n) is 21.6. The number of guanidine groups is 2. The van der Waals surface area contributed by atoms with E-state index in [9.17, 15) is 37.1 Å². The molecule has 3 amide bonds. The van der Waals surface area contributed by atoms with Gasteiger partial charge in [0, 0.05) is 73.6 Å². The first-order valence-corrected chi connectivity index (χ1v) is 23.7. The molecule has 0 saturated carbocycles. The highest BCUT2D eigenvalue weighted by Gasteiger charge is 2.44. The van der Waals surface area contributed by atoms with Gasteiger partial charge in [-0.15, -0.1) is 0 Å². The smallest absolute Gasteiger partial charge is 0.378 e. The standard InChI is InChI=1S/C40H65F3N8O6S2/c41-40(42,43)37(56)51-39-48-30-26-59-32(36(30)50-39)18-12-10-16-28(53)14-6-2-4-8-20-34(55)46-22-24-57-23-21-45-33(54)19-7-3-1-5-13-27(52)15-9-11-17-31-35-29(25-58-31)47-38(44)49-35/h29-32,35-36H,1-26H2,(H,45,54)(H,46,55)(H3,44,47,49)(H2,48,50,51,56)/t29-,30-,31-,32-,35-,36-/m0/s1. The molecule has 7 N–H and O–H groups in total. The predicted molar refractivity (Wildman–Crippen MR) is 226 cm³/mol. The zero-order valence-corrected chi connectivity index (χ0v) is 35.9. The minimum atomic E-state index is -4.96. The summed E-state index contributed by atoms with van der Waals surface area (Å²) in [5, 5.41) is 14.2. The van der Waals surface area contributed by atoms with E-state index in [0.29, 0.717) is 93.6 Å². The van der Waals surface area contributed by atoms with E-state index in [-0.39, 0.29) is 46.9 Å². The lowest BCUT2D eigenvalue weighted by atomic mass is 10.0. The van der Waals surface area contributed by atoms with Gasteiger partial charge in [-0.2, -0.15) is 36.7 Å². The molecule has 4 rings (SSSR count). The van der Waals surface area contributed by atoms with Crippen molar-refractivity contribution in [3.05, 3.63) is 0 Å². The predicted octanol–water partition coefficient (Wildman–Crippen LogP) is 4.44. The topological polar surface area (TPSA) is 205 Å². The van der Waals surface area contributed by atoms with E-state index < -0.39 is 12.1 Å². The lowest BCUT2D eigenvalue weighted by Crippen LogP contribution is -2.47. The van der Waals surface area contributed by atoms with Crippen molar-refractivity contribution in [1.82, 2.24) is 26.6 Å². The van der Waals surface area contributed by atoms with Gasteiger partial charge in [-0.05, 0) is 51.4 Å². The molecule has 4 heterocycles. The van der Waals surface area contributed by atoms with Crippen molar-refractivity contribution < 1.29 is 41.9 Å². The first-order chi connectivity index (χ1) is 28.4. The maximum Gasteiger partial charge on any atom is 0.471 e. The van der Waals surface area contributed by atoms with Crippen LogP contribution in [0.3, 0.4) is 0 Å². The molecule has 0 aromatic rings. The van der Waals surface area contributed by atoms with Crippen LogP contribution in [-0.4, -0.2) is 120 Å². The quantitative estimate of drug-likeness (QED) is 0.0557. The lowest BCUT2D eigenvalue weighted by Gasteiger charge is -2.14. The maximum absolute atomic E-state index is 12.5. The van der Waals surface area contributed by atoms with Gasteiger partial charge in [0.25, 0.3) is 0 Å². The number of amides is 3. The molecular weight excluding hydrogens is 810 g/mol. The number of fused-ring (bicyclic) bond motifs is 2. The number of hydrogen-bond donors (Lipinski definition) is 6. The van der Waals surface area contributed by atoms with Crippen LogP contribution in [-0.2, 0) is 28.7 Å². The van der Waals surface area contributed by atoms with E-state index >= 15 is 0 Å². The number of carbonyl (C=O) groups excluding carboxylic acids is 5. The molecule has 0 radical (unpaired) electrons. The second-order valence-electron chi connectivity index (χ2n) is 15.9. The number of alkyl halides is 3. The third-order valence-electron chi connectivity index (χ3n) is 11.0. The van der Waals surface area contributed by atoms with Gasteiger partial charge in [-0.25, -0.2) is 9.98 Å². The van der Waals surface area contributed by atoms with Crippen molar-refractivity contribution in [1.29, 1.82) is 0 Å². The number of ketones is 2. The average Bonchev–Trinajstić information content (AvgIpc) is 3.96. The summed E-state index contributed by atoms with van der Waals surface area (Å²) in [6, 6.07) is 0.367. The van der Waals surface area contributed by atoms with Crippen LogP contribution in [0.2, 0.25) is 0 Å². The van der Waals surface area contributed by atoms with Crippen molar-refractivity contribution in [2.75, 3.05) is 37.8 Å². The summed E-state index contributed by atoms with van der Waals surface area (Å²) in [5.74, 6) is 0.646. The highest BCUT2D eigenvalue weighted by molar-refractivity contribution is 8.00. The number of Topliss-reactive ketones (excluding diaryl/α,β-unsaturated/α-hetero) is 2. The van der Waals surface area contributed by atoms with Gasteiger partial charge >= 0.3 is 12.1 Å². The van der Waals surface area contributed by atoms with Crippen LogP contribution < -0.4 is 32.3 Å². The summed E-state index contributed by atoms with van der Waals surface area (Å²) in [7, 11) is 0. The van der Waals surface area contributed by atoms with Gasteiger partial charge in [0.1, 0.15) is 11.6 Å². The Bertz CT molecular complexity index is 1440. The molecule has 6 atom stereocenters. The van der Waals surface area contributed by atoms with Gasteiger partial charge in [0.05, 0.1) is 37.4 Å². The molecule has 334 valence electrons. The second kappa shape index (κ2) is 26.3. The zero-order valence-electron chi connectivity index (χ0n) is 34.2. The molecule has 59 heavy (non-hydrogen) atoms. The van der Waals surface area contributed by atoms with Gasteiger partial charge in [-0.3, -0.25) is 29.3 Å². The largest absolute Gasteiger partial charge is 0.471 e. The Kier molecular flexibility index (Phi) is 21.7. The molecule has 0 spiro atoms. The van der Waals surface area contributed by atoms with Crippen LogP contribution >= 0.6 is 23.5 Å². The molecule has 0 aromatic heterocycles. The number of nitrogens with one attached hydrogen (secondary N) is 5. The van der Waals surface area contributed by atoms with Crippen molar-refractivity contribution >= 4 is 64.7 Å². The number of unbranched alkanes of at least 4 members (excludes halogenated alkanes) is 8. The Morgan fingerprint density at radius 3 is 1.58 bits per heavy atom. The molecule has 0 unspecified atom stereocenters. The van der Waals surface area contributed by atoms with Crippen LogP contribution in [0.25, 0.3) is 0 Å². The van der Waals surface area contributed by atoms with E-state index in [2.05, 4.69) is 31.3 Å². The van der Waals surface area contributed by atoms with Crippen LogP contribution in [0, 0.1) is 0 Å². The molecule has 0 bridgehead atoms. The van der Waals surface area contributed by atoms with E-state index in [0.717, 1.165) is 95.6 Å². The van der Waals surface area contributed by atoms with Gasteiger partial charge in [-0.1, -0.05) is 38.5 Å². The van der Waals surface area contributed by atoms with Crippen LogP contribution in [0.1, 0.15) is 128 Å². The number of carbonyl (C=O) groups is 5. The van der Waals surface area contributed by atoms with Gasteiger partial charge in [0.2, 0.25) is 11.8 Å². The second-order valence-corrected chi connectivity index (χ2v) is 18.4. The highest BCUT2D eigenvalue weighted by Crippen LogP contribution is 2.36.